The Morgan fingerprint density at radius 1 is 1.09 bits per heavy atom. The highest BCUT2D eigenvalue weighted by Gasteiger charge is 2.14. The van der Waals surface area contributed by atoms with Gasteiger partial charge >= 0.3 is 0 Å². The molecule has 2 heterocycles. The minimum atomic E-state index is 0. The van der Waals surface area contributed by atoms with Crippen molar-refractivity contribution in [1.29, 1.82) is 0 Å². The molecule has 184 valence electrons. The van der Waals surface area contributed by atoms with E-state index in [9.17, 15) is 0 Å². The van der Waals surface area contributed by atoms with Gasteiger partial charge in [0.25, 0.3) is 0 Å². The molecular weight excluding hydrogens is 493 g/mol. The molecule has 6 nitrogen and oxygen atoms in total. The number of hydrogen-bond acceptors (Lipinski definition) is 4. The summed E-state index contributed by atoms with van der Waals surface area (Å²) in [5, 5.41) is 5.51. The summed E-state index contributed by atoms with van der Waals surface area (Å²) in [5.41, 5.74) is 6.07. The summed E-state index contributed by atoms with van der Waals surface area (Å²) in [6.07, 6.45) is 0. The van der Waals surface area contributed by atoms with E-state index >= 15 is 0 Å². The second-order valence-electron chi connectivity index (χ2n) is 8.96. The van der Waals surface area contributed by atoms with Crippen LogP contribution in [0.3, 0.4) is 0 Å². The molecule has 0 fully saturated rings. The van der Waals surface area contributed by atoms with Crippen LogP contribution < -0.4 is 4.74 Å². The van der Waals surface area contributed by atoms with Gasteiger partial charge in [-0.2, -0.15) is 5.10 Å². The number of nitrogens with zero attached hydrogens (tertiary/aromatic N) is 4. The van der Waals surface area contributed by atoms with Gasteiger partial charge in [0.1, 0.15) is 11.4 Å². The van der Waals surface area contributed by atoms with Crippen LogP contribution in [0.4, 0.5) is 0 Å². The third kappa shape index (κ3) is 6.66. The van der Waals surface area contributed by atoms with Crippen molar-refractivity contribution in [1.82, 2.24) is 24.6 Å². The zero-order chi connectivity index (χ0) is 22.8. The van der Waals surface area contributed by atoms with Crippen LogP contribution in [0.15, 0.2) is 42.5 Å². The first kappa shape index (κ1) is 28.0. The molecule has 0 bridgehead atoms. The van der Waals surface area contributed by atoms with E-state index in [1.54, 1.807) is 0 Å². The van der Waals surface area contributed by atoms with Crippen LogP contribution in [0.2, 0.25) is 5.02 Å². The van der Waals surface area contributed by atoms with Crippen LogP contribution in [0.1, 0.15) is 30.7 Å². The quantitative estimate of drug-likeness (QED) is 0.291. The standard InChI is InChI=1S/C25H30ClN5O.2ClH/c1-16(2)15-32-24-9-7-20(26)12-19(24)14-31-17(3)10-23(29-31)25-27-21-8-6-18(13-30(4)5)11-22(21)28-25;;/h6-12,16H,13-15H2,1-5H3,(H,27,28);2*1H. The summed E-state index contributed by atoms with van der Waals surface area (Å²) in [4.78, 5) is 10.3. The minimum absolute atomic E-state index is 0. The van der Waals surface area contributed by atoms with Gasteiger partial charge in [0.2, 0.25) is 0 Å². The molecule has 0 amide bonds. The first-order chi connectivity index (χ1) is 15.3. The van der Waals surface area contributed by atoms with Gasteiger partial charge in [0.15, 0.2) is 5.82 Å². The Morgan fingerprint density at radius 3 is 2.56 bits per heavy atom. The Bertz CT molecular complexity index is 1230. The number of hydrogen-bond donors (Lipinski definition) is 1. The predicted molar refractivity (Wildman–Crippen MR) is 145 cm³/mol. The number of aromatic nitrogens is 4. The topological polar surface area (TPSA) is 59.0 Å². The van der Waals surface area contributed by atoms with Crippen molar-refractivity contribution in [3.8, 4) is 17.3 Å². The Balaban J connectivity index is 0.00000204. The van der Waals surface area contributed by atoms with Gasteiger partial charge in [-0.25, -0.2) is 4.98 Å². The first-order valence-electron chi connectivity index (χ1n) is 10.9. The first-order valence-corrected chi connectivity index (χ1v) is 11.3. The van der Waals surface area contributed by atoms with Gasteiger partial charge in [-0.05, 0) is 68.9 Å². The van der Waals surface area contributed by atoms with E-state index in [0.717, 1.165) is 46.1 Å². The van der Waals surface area contributed by atoms with Crippen molar-refractivity contribution in [3.05, 3.63) is 64.3 Å². The average Bonchev–Trinajstić information content (AvgIpc) is 3.30. The van der Waals surface area contributed by atoms with Crippen LogP contribution in [0, 0.1) is 12.8 Å². The molecule has 0 unspecified atom stereocenters. The van der Waals surface area contributed by atoms with Gasteiger partial charge in [-0.3, -0.25) is 4.68 Å². The third-order valence-electron chi connectivity index (χ3n) is 5.18. The highest BCUT2D eigenvalue weighted by Crippen LogP contribution is 2.26. The van der Waals surface area contributed by atoms with Gasteiger partial charge < -0.3 is 14.6 Å². The lowest BCUT2D eigenvalue weighted by atomic mass is 10.2. The molecule has 0 atom stereocenters. The third-order valence-corrected chi connectivity index (χ3v) is 5.42. The summed E-state index contributed by atoms with van der Waals surface area (Å²) < 4.78 is 7.98. The summed E-state index contributed by atoms with van der Waals surface area (Å²) in [7, 11) is 4.13. The molecule has 0 radical (unpaired) electrons. The maximum absolute atomic E-state index is 6.27. The van der Waals surface area contributed by atoms with E-state index in [-0.39, 0.29) is 24.8 Å². The second kappa shape index (κ2) is 11.9. The summed E-state index contributed by atoms with van der Waals surface area (Å²) in [6, 6.07) is 14.1. The molecule has 0 aliphatic rings. The molecule has 2 aromatic carbocycles. The summed E-state index contributed by atoms with van der Waals surface area (Å²) in [5.74, 6) is 2.06. The van der Waals surface area contributed by atoms with E-state index in [4.69, 9.17) is 26.4 Å². The number of imidazole rings is 1. The van der Waals surface area contributed by atoms with E-state index in [2.05, 4.69) is 62.1 Å². The molecule has 0 saturated carbocycles. The molecule has 1 N–H and O–H groups in total. The number of H-pyrrole nitrogens is 1. The Labute approximate surface area is 218 Å². The number of fused-ring (bicyclic) bond motifs is 1. The van der Waals surface area contributed by atoms with Crippen molar-refractivity contribution >= 4 is 47.4 Å². The summed E-state index contributed by atoms with van der Waals surface area (Å²) in [6.45, 7) is 8.44. The fourth-order valence-electron chi connectivity index (χ4n) is 3.66. The number of halogens is 3. The average molecular weight is 525 g/mol. The lowest BCUT2D eigenvalue weighted by Gasteiger charge is -2.14. The molecular formula is C25H32Cl3N5O. The van der Waals surface area contributed by atoms with E-state index in [0.29, 0.717) is 24.1 Å². The highest BCUT2D eigenvalue weighted by atomic mass is 35.5. The molecule has 34 heavy (non-hydrogen) atoms. The molecule has 0 saturated heterocycles. The normalized spacial score (nSPS) is 11.1. The van der Waals surface area contributed by atoms with Gasteiger partial charge in [-0.1, -0.05) is 31.5 Å². The largest absolute Gasteiger partial charge is 0.493 e. The number of aromatic amines is 1. The maximum atomic E-state index is 6.27. The number of ether oxygens (including phenoxy) is 1. The van der Waals surface area contributed by atoms with Crippen molar-refractivity contribution < 1.29 is 4.74 Å². The molecule has 2 aromatic heterocycles. The van der Waals surface area contributed by atoms with Crippen LogP contribution in [-0.4, -0.2) is 45.4 Å². The molecule has 0 spiro atoms. The van der Waals surface area contributed by atoms with E-state index in [1.165, 1.54) is 5.56 Å². The van der Waals surface area contributed by atoms with Gasteiger partial charge in [0, 0.05) is 22.8 Å². The Hall–Kier alpha value is -2.25. The fraction of sp³-hybridized carbons (Fsp3) is 0.360. The van der Waals surface area contributed by atoms with Crippen LogP contribution in [0.25, 0.3) is 22.6 Å². The molecule has 0 aliphatic heterocycles. The Morgan fingerprint density at radius 2 is 1.85 bits per heavy atom. The SMILES string of the molecule is Cc1cc(-c2nc3ccc(CN(C)C)cc3[nH]2)nn1Cc1cc(Cl)ccc1OCC(C)C.Cl.Cl. The number of aryl methyl sites for hydroxylation is 1. The van der Waals surface area contributed by atoms with E-state index in [1.807, 2.05) is 29.8 Å². The lowest BCUT2D eigenvalue weighted by molar-refractivity contribution is 0.268. The van der Waals surface area contributed by atoms with Crippen LogP contribution in [-0.2, 0) is 13.1 Å². The van der Waals surface area contributed by atoms with Crippen molar-refractivity contribution in [2.24, 2.45) is 5.92 Å². The summed E-state index contributed by atoms with van der Waals surface area (Å²) >= 11 is 6.27. The second-order valence-corrected chi connectivity index (χ2v) is 9.40. The van der Waals surface area contributed by atoms with Gasteiger partial charge in [0.05, 0.1) is 24.2 Å². The fourth-order valence-corrected chi connectivity index (χ4v) is 3.85. The predicted octanol–water partition coefficient (Wildman–Crippen LogP) is 6.38. The van der Waals surface area contributed by atoms with Gasteiger partial charge in [-0.15, -0.1) is 24.8 Å². The number of rotatable bonds is 8. The number of nitrogens with one attached hydrogen (secondary N) is 1. The zero-order valence-electron chi connectivity index (χ0n) is 20.1. The van der Waals surface area contributed by atoms with Crippen molar-refractivity contribution in [2.45, 2.75) is 33.9 Å². The zero-order valence-corrected chi connectivity index (χ0v) is 22.5. The number of benzene rings is 2. The van der Waals surface area contributed by atoms with Crippen LogP contribution in [0.5, 0.6) is 5.75 Å². The van der Waals surface area contributed by atoms with Crippen molar-refractivity contribution in [2.75, 3.05) is 20.7 Å². The van der Waals surface area contributed by atoms with E-state index < -0.39 is 0 Å². The lowest BCUT2D eigenvalue weighted by Crippen LogP contribution is -2.10. The highest BCUT2D eigenvalue weighted by molar-refractivity contribution is 6.30. The van der Waals surface area contributed by atoms with Crippen LogP contribution >= 0.6 is 36.4 Å². The smallest absolute Gasteiger partial charge is 0.159 e. The maximum Gasteiger partial charge on any atom is 0.159 e. The molecule has 4 aromatic rings. The molecule has 9 heteroatoms. The Kier molecular flexibility index (Phi) is 9.83. The molecule has 0 aliphatic carbocycles. The monoisotopic (exact) mass is 523 g/mol. The minimum Gasteiger partial charge on any atom is -0.493 e. The van der Waals surface area contributed by atoms with Crippen molar-refractivity contribution in [3.63, 3.8) is 0 Å². The molecule has 4 rings (SSSR count).